The van der Waals surface area contributed by atoms with Crippen LogP contribution in [-0.4, -0.2) is 0 Å². The molecule has 0 aliphatic heterocycles. The molecule has 2 rings (SSSR count). The molecule has 0 spiro atoms. The highest BCUT2D eigenvalue weighted by Crippen LogP contribution is 2.29. The van der Waals surface area contributed by atoms with E-state index < -0.39 is 0 Å². The maximum atomic E-state index is 2.27. The van der Waals surface area contributed by atoms with E-state index in [1.54, 1.807) is 0 Å². The van der Waals surface area contributed by atoms with E-state index in [2.05, 4.69) is 55.6 Å². The van der Waals surface area contributed by atoms with Gasteiger partial charge in [0.15, 0.2) is 0 Å². The van der Waals surface area contributed by atoms with Crippen molar-refractivity contribution in [1.29, 1.82) is 0 Å². The number of rotatable bonds is 3. The fourth-order valence-electron chi connectivity index (χ4n) is 1.81. The summed E-state index contributed by atoms with van der Waals surface area (Å²) >= 11 is 1.82. The lowest BCUT2D eigenvalue weighted by Gasteiger charge is -2.09. The van der Waals surface area contributed by atoms with Crippen molar-refractivity contribution in [3.05, 3.63) is 47.3 Å². The van der Waals surface area contributed by atoms with Gasteiger partial charge in [0, 0.05) is 4.88 Å². The van der Waals surface area contributed by atoms with Crippen molar-refractivity contribution in [2.75, 3.05) is 0 Å². The smallest absolute Gasteiger partial charge is 0.0345 e. The molecule has 1 heteroatoms. The summed E-state index contributed by atoms with van der Waals surface area (Å²) in [4.78, 5) is 1.38. The van der Waals surface area contributed by atoms with Gasteiger partial charge in [-0.25, -0.2) is 0 Å². The van der Waals surface area contributed by atoms with Crippen LogP contribution in [0.15, 0.2) is 41.8 Å². The first kappa shape index (κ1) is 10.4. The highest BCUT2D eigenvalue weighted by molar-refractivity contribution is 7.13. The van der Waals surface area contributed by atoms with Crippen molar-refractivity contribution in [2.24, 2.45) is 5.92 Å². The van der Waals surface area contributed by atoms with Gasteiger partial charge in [0.2, 0.25) is 0 Å². The monoisotopic (exact) mass is 216 g/mol. The second-order valence-electron chi connectivity index (χ2n) is 4.23. The predicted octanol–water partition coefficient (Wildman–Crippen LogP) is 4.61. The van der Waals surface area contributed by atoms with Gasteiger partial charge in [0.05, 0.1) is 0 Å². The average Bonchev–Trinajstić information content (AvgIpc) is 2.70. The van der Waals surface area contributed by atoms with Gasteiger partial charge in [-0.3, -0.25) is 0 Å². The first-order chi connectivity index (χ1) is 7.27. The maximum Gasteiger partial charge on any atom is 0.0345 e. The van der Waals surface area contributed by atoms with Gasteiger partial charge in [-0.05, 0) is 34.9 Å². The van der Waals surface area contributed by atoms with Gasteiger partial charge in [-0.2, -0.15) is 0 Å². The van der Waals surface area contributed by atoms with Crippen LogP contribution < -0.4 is 0 Å². The van der Waals surface area contributed by atoms with E-state index in [0.29, 0.717) is 5.92 Å². The lowest BCUT2D eigenvalue weighted by molar-refractivity contribution is 0.648. The number of thiophene rings is 1. The third kappa shape index (κ3) is 2.48. The van der Waals surface area contributed by atoms with Gasteiger partial charge in [-0.1, -0.05) is 44.2 Å². The lowest BCUT2D eigenvalue weighted by atomic mass is 9.97. The van der Waals surface area contributed by atoms with E-state index in [-0.39, 0.29) is 0 Å². The molecule has 0 nitrogen and oxygen atoms in total. The Morgan fingerprint density at radius 2 is 1.87 bits per heavy atom. The predicted molar refractivity (Wildman–Crippen MR) is 68.3 cm³/mol. The molecule has 0 radical (unpaired) electrons. The normalized spacial score (nSPS) is 10.9. The summed E-state index contributed by atoms with van der Waals surface area (Å²) in [5.74, 6) is 0.714. The molecule has 0 amide bonds. The lowest BCUT2D eigenvalue weighted by Crippen LogP contribution is -1.95. The molecule has 0 aliphatic rings. The number of hydrogen-bond donors (Lipinski definition) is 0. The van der Waals surface area contributed by atoms with Crippen LogP contribution in [0, 0.1) is 5.92 Å². The molecule has 0 saturated heterocycles. The van der Waals surface area contributed by atoms with Gasteiger partial charge in [0.25, 0.3) is 0 Å². The Kier molecular flexibility index (Phi) is 3.22. The molecule has 2 aromatic rings. The van der Waals surface area contributed by atoms with Gasteiger partial charge >= 0.3 is 0 Å². The Balaban J connectivity index is 2.38. The highest BCUT2D eigenvalue weighted by Gasteiger charge is 2.06. The summed E-state index contributed by atoms with van der Waals surface area (Å²) in [6.45, 7) is 4.54. The van der Waals surface area contributed by atoms with Crippen LogP contribution in [0.5, 0.6) is 0 Å². The number of hydrogen-bond acceptors (Lipinski definition) is 1. The Hall–Kier alpha value is -1.08. The zero-order chi connectivity index (χ0) is 10.7. The molecule has 78 valence electrons. The first-order valence-corrected chi connectivity index (χ1v) is 6.27. The van der Waals surface area contributed by atoms with Crippen LogP contribution in [0.25, 0.3) is 10.4 Å². The van der Waals surface area contributed by atoms with Crippen LogP contribution in [-0.2, 0) is 6.42 Å². The third-order valence-electron chi connectivity index (χ3n) is 2.43. The molecule has 0 unspecified atom stereocenters. The summed E-state index contributed by atoms with van der Waals surface area (Å²) in [5, 5.41) is 2.14. The standard InChI is InChI=1S/C14H16S/c1-11(2)10-12-6-3-4-7-13(12)14-8-5-9-15-14/h3-9,11H,10H2,1-2H3. The first-order valence-electron chi connectivity index (χ1n) is 5.39. The Morgan fingerprint density at radius 3 is 2.53 bits per heavy atom. The second-order valence-corrected chi connectivity index (χ2v) is 5.18. The molecule has 0 atom stereocenters. The Labute approximate surface area is 95.6 Å². The van der Waals surface area contributed by atoms with Crippen LogP contribution in [0.4, 0.5) is 0 Å². The largest absolute Gasteiger partial charge is 0.144 e. The maximum absolute atomic E-state index is 2.27. The van der Waals surface area contributed by atoms with Crippen LogP contribution in [0.1, 0.15) is 19.4 Å². The van der Waals surface area contributed by atoms with Crippen LogP contribution in [0.3, 0.4) is 0 Å². The second kappa shape index (κ2) is 4.63. The minimum absolute atomic E-state index is 0.714. The molecular weight excluding hydrogens is 200 g/mol. The molecule has 1 heterocycles. The molecule has 0 N–H and O–H groups in total. The summed E-state index contributed by atoms with van der Waals surface area (Å²) in [6, 6.07) is 13.0. The molecule has 15 heavy (non-hydrogen) atoms. The summed E-state index contributed by atoms with van der Waals surface area (Å²) in [7, 11) is 0. The zero-order valence-electron chi connectivity index (χ0n) is 9.23. The van der Waals surface area contributed by atoms with Crippen molar-refractivity contribution >= 4 is 11.3 Å². The van der Waals surface area contributed by atoms with Crippen molar-refractivity contribution < 1.29 is 0 Å². The van der Waals surface area contributed by atoms with Crippen molar-refractivity contribution in [3.8, 4) is 10.4 Å². The van der Waals surface area contributed by atoms with Crippen molar-refractivity contribution in [3.63, 3.8) is 0 Å². The Bertz CT molecular complexity index is 413. The van der Waals surface area contributed by atoms with Crippen molar-refractivity contribution in [2.45, 2.75) is 20.3 Å². The summed E-state index contributed by atoms with van der Waals surface area (Å²) < 4.78 is 0. The highest BCUT2D eigenvalue weighted by atomic mass is 32.1. The van der Waals surface area contributed by atoms with Crippen LogP contribution in [0.2, 0.25) is 0 Å². The van der Waals surface area contributed by atoms with E-state index in [1.807, 2.05) is 11.3 Å². The molecule has 1 aromatic heterocycles. The molecule has 1 aromatic carbocycles. The minimum atomic E-state index is 0.714. The summed E-state index contributed by atoms with van der Waals surface area (Å²) in [6.07, 6.45) is 1.16. The van der Waals surface area contributed by atoms with Gasteiger partial charge < -0.3 is 0 Å². The van der Waals surface area contributed by atoms with E-state index in [4.69, 9.17) is 0 Å². The minimum Gasteiger partial charge on any atom is -0.144 e. The fourth-order valence-corrected chi connectivity index (χ4v) is 2.60. The average molecular weight is 216 g/mol. The SMILES string of the molecule is CC(C)Cc1ccccc1-c1cccs1. The number of benzene rings is 1. The third-order valence-corrected chi connectivity index (χ3v) is 3.34. The Morgan fingerprint density at radius 1 is 1.07 bits per heavy atom. The molecular formula is C14H16S. The summed E-state index contributed by atoms with van der Waals surface area (Å²) in [5.41, 5.74) is 2.87. The van der Waals surface area contributed by atoms with Gasteiger partial charge in [0.1, 0.15) is 0 Å². The molecule has 0 aliphatic carbocycles. The van der Waals surface area contributed by atoms with E-state index in [1.165, 1.54) is 16.0 Å². The quantitative estimate of drug-likeness (QED) is 0.702. The molecule has 0 fully saturated rings. The molecule has 0 saturated carbocycles. The van der Waals surface area contributed by atoms with Gasteiger partial charge in [-0.15, -0.1) is 11.3 Å². The zero-order valence-corrected chi connectivity index (χ0v) is 10.1. The van der Waals surface area contributed by atoms with E-state index >= 15 is 0 Å². The topological polar surface area (TPSA) is 0 Å². The molecule has 0 bridgehead atoms. The van der Waals surface area contributed by atoms with E-state index in [9.17, 15) is 0 Å². The van der Waals surface area contributed by atoms with Crippen LogP contribution >= 0.6 is 11.3 Å². The van der Waals surface area contributed by atoms with Crippen molar-refractivity contribution in [1.82, 2.24) is 0 Å². The fraction of sp³-hybridized carbons (Fsp3) is 0.286. The van der Waals surface area contributed by atoms with E-state index in [0.717, 1.165) is 6.42 Å².